The summed E-state index contributed by atoms with van der Waals surface area (Å²) in [4.78, 5) is 15.0. The van der Waals surface area contributed by atoms with Crippen molar-refractivity contribution in [3.63, 3.8) is 0 Å². The van der Waals surface area contributed by atoms with Gasteiger partial charge in [0.05, 0.1) is 51.8 Å². The zero-order valence-electron chi connectivity index (χ0n) is 52.5. The van der Waals surface area contributed by atoms with Gasteiger partial charge in [0.2, 0.25) is 0 Å². The van der Waals surface area contributed by atoms with Gasteiger partial charge in [0, 0.05) is 17.8 Å². The van der Waals surface area contributed by atoms with Crippen molar-refractivity contribution in [3.8, 4) is 0 Å². The molecule has 11 rings (SSSR count). The number of fused-ring (bicyclic) bond motifs is 7. The van der Waals surface area contributed by atoms with Crippen molar-refractivity contribution in [2.45, 2.75) is 276 Å². The molecule has 4 saturated carbocycles. The first kappa shape index (κ1) is 72.3. The molecular formula is C61H98O32. The molecule has 7 aliphatic heterocycles. The molecule has 0 spiro atoms. The van der Waals surface area contributed by atoms with E-state index in [1.54, 1.807) is 0 Å². The first-order valence-electron chi connectivity index (χ1n) is 32.7. The number of ether oxygens (including phenoxy) is 13. The molecular weight excluding hydrogens is 1240 g/mol. The molecule has 6 saturated heterocycles. The average molecular weight is 1340 g/mol. The number of Topliss-reactive ketones (excluding diaryl/α,β-unsaturated/α-hetero) is 1. The fraction of sp³-hybridized carbons (Fsp3) is 0.951. The second kappa shape index (κ2) is 28.9. The van der Waals surface area contributed by atoms with E-state index in [9.17, 15) is 91.9 Å². The lowest BCUT2D eigenvalue weighted by molar-refractivity contribution is -0.408. The summed E-state index contributed by atoms with van der Waals surface area (Å²) in [6.45, 7) is 5.80. The molecule has 0 aromatic rings. The number of hydrogen-bond donors (Lipinski definition) is 18. The van der Waals surface area contributed by atoms with E-state index in [2.05, 4.69) is 6.92 Å². The highest BCUT2D eigenvalue weighted by Crippen LogP contribution is 2.69. The predicted molar refractivity (Wildman–Crippen MR) is 304 cm³/mol. The Bertz CT molecular complexity index is 2540. The Labute approximate surface area is 536 Å². The van der Waals surface area contributed by atoms with Gasteiger partial charge in [-0.05, 0) is 99.4 Å². The first-order chi connectivity index (χ1) is 44.1. The lowest BCUT2D eigenvalue weighted by Crippen LogP contribution is -2.68. The van der Waals surface area contributed by atoms with Gasteiger partial charge in [-0.2, -0.15) is 0 Å². The number of carbonyl (C=O) groups excluding carboxylic acids is 1. The van der Waals surface area contributed by atoms with Crippen LogP contribution in [0.25, 0.3) is 0 Å². The van der Waals surface area contributed by atoms with Gasteiger partial charge in [-0.15, -0.1) is 0 Å². The van der Waals surface area contributed by atoms with Crippen molar-refractivity contribution in [2.75, 3.05) is 39.6 Å². The third kappa shape index (κ3) is 13.4. The maximum atomic E-state index is 15.0. The highest BCUT2D eigenvalue weighted by molar-refractivity contribution is 5.87. The standard InChI is InChI=1S/C61H98O32/c1-20(17-81-54-46(78)43(75)40(72)32(14-62)87-54)10-28(65)49-21(2)36-31(86-49)12-27-25-7-6-23-11-24(8-9-60(23,4)26(25)13-35(68)61(27,36)5)85-58-52(92-57-47(79)42(74)37(69)22(3)84-57)48(80)50(34(16-64)89-58)90-59-53(93-56-45(77)39(71)30(67)19-83-56)51(41(73)33(15-63)88-59)91-55-44(76)38(70)29(66)18-82-55/h20,22-34,36-48,50-59,62-67,69-80H,6-19H2,1-5H3/t20-,22-,23-,24-,25+,26-,27-,28+,29+,30+,31-,32+,33+,34+,36-,37-,38-,39-,40+,41+,42+,43-,44+,45+,46+,47+,48-,50-,51-,52+,53+,54+,55-,56-,57-,58+,59-,60-,61+/m0/s1. The van der Waals surface area contributed by atoms with Gasteiger partial charge in [0.1, 0.15) is 152 Å². The summed E-state index contributed by atoms with van der Waals surface area (Å²) >= 11 is 0. The molecule has 32 heteroatoms. The van der Waals surface area contributed by atoms with Crippen LogP contribution < -0.4 is 0 Å². The minimum Gasteiger partial charge on any atom is -0.491 e. The Balaban J connectivity index is 0.789. The lowest BCUT2D eigenvalue weighted by atomic mass is 9.44. The number of hydrogen-bond acceptors (Lipinski definition) is 32. The molecule has 0 radical (unpaired) electrons. The van der Waals surface area contributed by atoms with E-state index in [0.29, 0.717) is 37.9 Å². The third-order valence-electron chi connectivity index (χ3n) is 22.8. The van der Waals surface area contributed by atoms with Crippen LogP contribution in [0.5, 0.6) is 0 Å². The highest BCUT2D eigenvalue weighted by atomic mass is 16.8. The van der Waals surface area contributed by atoms with E-state index in [-0.39, 0.29) is 65.8 Å². The van der Waals surface area contributed by atoms with E-state index in [4.69, 9.17) is 61.6 Å². The molecule has 93 heavy (non-hydrogen) atoms. The summed E-state index contributed by atoms with van der Waals surface area (Å²) < 4.78 is 78.9. The number of aliphatic hydroxyl groups is 18. The predicted octanol–water partition coefficient (Wildman–Crippen LogP) is -6.90. The molecule has 10 fully saturated rings. The summed E-state index contributed by atoms with van der Waals surface area (Å²) in [7, 11) is 0. The number of rotatable bonds is 19. The molecule has 11 aliphatic rings. The average Bonchev–Trinajstić information content (AvgIpc) is 1.57. The smallest absolute Gasteiger partial charge is 0.187 e. The molecule has 0 aromatic carbocycles. The second-order valence-corrected chi connectivity index (χ2v) is 28.4. The van der Waals surface area contributed by atoms with E-state index in [1.165, 1.54) is 6.92 Å². The van der Waals surface area contributed by atoms with Crippen LogP contribution in [0.4, 0.5) is 0 Å². The Morgan fingerprint density at radius 3 is 1.74 bits per heavy atom. The fourth-order valence-electron chi connectivity index (χ4n) is 17.3. The Morgan fingerprint density at radius 2 is 1.10 bits per heavy atom. The number of carbonyl (C=O) groups is 1. The number of aliphatic hydroxyl groups excluding tert-OH is 18. The van der Waals surface area contributed by atoms with E-state index in [1.807, 2.05) is 20.8 Å². The maximum absolute atomic E-state index is 15.0. The van der Waals surface area contributed by atoms with Crippen LogP contribution in [0.3, 0.4) is 0 Å². The van der Waals surface area contributed by atoms with Crippen molar-refractivity contribution in [3.05, 3.63) is 11.3 Å². The largest absolute Gasteiger partial charge is 0.491 e. The zero-order valence-corrected chi connectivity index (χ0v) is 52.5. The second-order valence-electron chi connectivity index (χ2n) is 28.4. The van der Waals surface area contributed by atoms with Gasteiger partial charge in [-0.1, -0.05) is 20.8 Å². The Hall–Kier alpha value is -1.99. The van der Waals surface area contributed by atoms with E-state index < -0.39 is 223 Å². The van der Waals surface area contributed by atoms with E-state index in [0.717, 1.165) is 18.4 Å². The quantitative estimate of drug-likeness (QED) is 0.0535. The van der Waals surface area contributed by atoms with Gasteiger partial charge >= 0.3 is 0 Å². The maximum Gasteiger partial charge on any atom is 0.187 e. The van der Waals surface area contributed by atoms with Crippen LogP contribution in [-0.4, -0.2) is 328 Å². The molecule has 0 aromatic heterocycles. The summed E-state index contributed by atoms with van der Waals surface area (Å²) in [6.07, 6.45) is -45.7. The van der Waals surface area contributed by atoms with Crippen LogP contribution in [0.2, 0.25) is 0 Å². The first-order valence-corrected chi connectivity index (χ1v) is 32.7. The molecule has 32 nitrogen and oxygen atoms in total. The van der Waals surface area contributed by atoms with Crippen molar-refractivity contribution in [2.24, 2.45) is 46.3 Å². The Kier molecular flexibility index (Phi) is 22.5. The normalized spacial score (nSPS) is 53.3. The topological polar surface area (TPSA) is 501 Å². The molecule has 534 valence electrons. The van der Waals surface area contributed by atoms with Crippen LogP contribution in [-0.2, 0) is 66.4 Å². The SMILES string of the molecule is CC1=C([C@H](O)C[C@H](C)CO[C@@H]2O[C@H](CO)[C@@H](O)[C@H](O)[C@H]2O)O[C@H]2C[C@H]3[C@@H]4CC[C@H]5C[C@@H](O[C@@H]6O[C@H](CO)[C@H](O[C@@H]7O[C@H](CO)[C@@H](O)[C@H](O[C@@H]8OC[C@@H](O)[C@H](O)[C@H]8O)[C@H]7O[C@@H]7OC[C@@H](O)[C@H](O)[C@H]7O)[C@H](O)[C@H]6O[C@@H]6O[C@@H](C)[C@H](O)[C@@H](O)[C@H]6O)CC[C@]5(C)[C@H]4CC(=O)[C@]3(C)[C@@H]12. The van der Waals surface area contributed by atoms with Crippen LogP contribution in [0, 0.1) is 46.3 Å². The van der Waals surface area contributed by atoms with Gasteiger partial charge in [-0.25, -0.2) is 0 Å². The minimum absolute atomic E-state index is 0.00608. The lowest BCUT2D eigenvalue weighted by Gasteiger charge is -2.60. The number of ketones is 1. The summed E-state index contributed by atoms with van der Waals surface area (Å²) in [5.74, 6) is 0.0794. The molecule has 18 N–H and O–H groups in total. The van der Waals surface area contributed by atoms with Gasteiger partial charge in [0.15, 0.2) is 37.7 Å². The van der Waals surface area contributed by atoms with Gasteiger partial charge in [0.25, 0.3) is 0 Å². The minimum atomic E-state index is -2.00. The van der Waals surface area contributed by atoms with Gasteiger partial charge in [-0.3, -0.25) is 4.79 Å². The van der Waals surface area contributed by atoms with Crippen LogP contribution >= 0.6 is 0 Å². The molecule has 4 aliphatic carbocycles. The summed E-state index contributed by atoms with van der Waals surface area (Å²) in [6, 6.07) is 0. The van der Waals surface area contributed by atoms with Crippen molar-refractivity contribution in [1.82, 2.24) is 0 Å². The van der Waals surface area contributed by atoms with Crippen molar-refractivity contribution in [1.29, 1.82) is 0 Å². The van der Waals surface area contributed by atoms with Crippen molar-refractivity contribution < 1.29 is 158 Å². The van der Waals surface area contributed by atoms with Crippen LogP contribution in [0.1, 0.15) is 86.0 Å². The summed E-state index contributed by atoms with van der Waals surface area (Å²) in [5.41, 5.74) is -0.312. The molecule has 39 atom stereocenters. The fourth-order valence-corrected chi connectivity index (χ4v) is 17.3. The summed E-state index contributed by atoms with van der Waals surface area (Å²) in [5, 5.41) is 195. The Morgan fingerprint density at radius 1 is 0.548 bits per heavy atom. The monoisotopic (exact) mass is 1340 g/mol. The molecule has 0 amide bonds. The van der Waals surface area contributed by atoms with E-state index >= 15 is 4.79 Å². The van der Waals surface area contributed by atoms with Gasteiger partial charge < -0.3 is 153 Å². The zero-order chi connectivity index (χ0) is 67.2. The van der Waals surface area contributed by atoms with Crippen LogP contribution in [0.15, 0.2) is 11.3 Å². The molecule has 7 heterocycles. The molecule has 0 unspecified atom stereocenters. The molecule has 0 bridgehead atoms. The van der Waals surface area contributed by atoms with Crippen molar-refractivity contribution >= 4 is 5.78 Å². The highest BCUT2D eigenvalue weighted by Gasteiger charge is 2.69. The third-order valence-corrected chi connectivity index (χ3v) is 22.8.